The molecule has 1 unspecified atom stereocenters. The number of nitrogens with zero attached hydrogens (tertiary/aromatic N) is 1. The zero-order valence-corrected chi connectivity index (χ0v) is 12.7. The first-order valence-electron chi connectivity index (χ1n) is 6.57. The maximum Gasteiger partial charge on any atom is 0.275 e. The lowest BCUT2D eigenvalue weighted by molar-refractivity contribution is -0.386. The van der Waals surface area contributed by atoms with Gasteiger partial charge in [0, 0.05) is 22.3 Å². The van der Waals surface area contributed by atoms with Crippen LogP contribution in [0.25, 0.3) is 0 Å². The van der Waals surface area contributed by atoms with E-state index in [9.17, 15) is 20.0 Å². The Morgan fingerprint density at radius 3 is 2.43 bits per heavy atom. The van der Waals surface area contributed by atoms with Crippen molar-refractivity contribution >= 4 is 28.9 Å². The van der Waals surface area contributed by atoms with Gasteiger partial charge in [0.1, 0.15) is 6.10 Å². The van der Waals surface area contributed by atoms with E-state index in [1.54, 1.807) is 24.3 Å². The molecule has 23 heavy (non-hydrogen) atoms. The molecule has 0 bridgehead atoms. The van der Waals surface area contributed by atoms with Crippen LogP contribution in [0, 0.1) is 10.1 Å². The van der Waals surface area contributed by atoms with Crippen molar-refractivity contribution in [2.45, 2.75) is 6.10 Å². The summed E-state index contributed by atoms with van der Waals surface area (Å²) in [6.45, 7) is 3.53. The van der Waals surface area contributed by atoms with Gasteiger partial charge in [0.15, 0.2) is 0 Å². The third-order valence-corrected chi connectivity index (χ3v) is 3.40. The molecule has 2 N–H and O–H groups in total. The van der Waals surface area contributed by atoms with Crippen LogP contribution in [0.1, 0.15) is 11.7 Å². The Balaban J connectivity index is 2.18. The second kappa shape index (κ2) is 7.04. The Morgan fingerprint density at radius 1 is 1.22 bits per heavy atom. The topological polar surface area (TPSA) is 92.5 Å². The standard InChI is InChI=1S/C16H13ClN2O4/c1-10(16(21)18-12-8-6-11(17)7-9-12)15(20)13-4-2-3-5-14(13)19(22)23/h2-9,15,20H,1H2,(H,18,21). The quantitative estimate of drug-likeness (QED) is 0.498. The van der Waals surface area contributed by atoms with Crippen LogP contribution in [-0.2, 0) is 4.79 Å². The molecule has 1 atom stereocenters. The summed E-state index contributed by atoms with van der Waals surface area (Å²) in [5.74, 6) is -0.641. The number of anilines is 1. The summed E-state index contributed by atoms with van der Waals surface area (Å²) in [5, 5.41) is 24.3. The highest BCUT2D eigenvalue weighted by atomic mass is 35.5. The summed E-state index contributed by atoms with van der Waals surface area (Å²) in [6.07, 6.45) is -1.48. The van der Waals surface area contributed by atoms with Crippen LogP contribution < -0.4 is 5.32 Å². The summed E-state index contributed by atoms with van der Waals surface area (Å²) >= 11 is 5.75. The van der Waals surface area contributed by atoms with Crippen LogP contribution in [-0.4, -0.2) is 15.9 Å². The van der Waals surface area contributed by atoms with Crippen LogP contribution in [0.3, 0.4) is 0 Å². The molecule has 0 spiro atoms. The van der Waals surface area contributed by atoms with Gasteiger partial charge in [-0.25, -0.2) is 0 Å². The minimum atomic E-state index is -1.48. The number of para-hydroxylation sites is 1. The number of nitro groups is 1. The highest BCUT2D eigenvalue weighted by molar-refractivity contribution is 6.30. The molecule has 2 rings (SSSR count). The van der Waals surface area contributed by atoms with Crippen molar-refractivity contribution in [1.29, 1.82) is 0 Å². The van der Waals surface area contributed by atoms with Gasteiger partial charge in [-0.1, -0.05) is 30.3 Å². The van der Waals surface area contributed by atoms with Gasteiger partial charge in [-0.3, -0.25) is 14.9 Å². The second-order valence-electron chi connectivity index (χ2n) is 4.70. The van der Waals surface area contributed by atoms with Crippen LogP contribution in [0.4, 0.5) is 11.4 Å². The molecular weight excluding hydrogens is 320 g/mol. The van der Waals surface area contributed by atoms with Gasteiger partial charge in [-0.05, 0) is 30.3 Å². The third kappa shape index (κ3) is 3.94. The average Bonchev–Trinajstić information content (AvgIpc) is 2.55. The fourth-order valence-electron chi connectivity index (χ4n) is 1.94. The van der Waals surface area contributed by atoms with E-state index in [1.165, 1.54) is 24.3 Å². The Labute approximate surface area is 137 Å². The zero-order valence-electron chi connectivity index (χ0n) is 11.9. The second-order valence-corrected chi connectivity index (χ2v) is 5.14. The number of nitro benzene ring substituents is 1. The molecule has 0 aliphatic carbocycles. The fraction of sp³-hybridized carbons (Fsp3) is 0.0625. The van der Waals surface area contributed by atoms with E-state index >= 15 is 0 Å². The van der Waals surface area contributed by atoms with Gasteiger partial charge in [0.05, 0.1) is 10.5 Å². The maximum absolute atomic E-state index is 12.1. The van der Waals surface area contributed by atoms with Crippen molar-refractivity contribution in [3.63, 3.8) is 0 Å². The average molecular weight is 333 g/mol. The molecule has 0 heterocycles. The van der Waals surface area contributed by atoms with E-state index < -0.39 is 16.9 Å². The fourth-order valence-corrected chi connectivity index (χ4v) is 2.07. The van der Waals surface area contributed by atoms with E-state index in [-0.39, 0.29) is 16.8 Å². The van der Waals surface area contributed by atoms with Gasteiger partial charge in [0.25, 0.3) is 11.6 Å². The van der Waals surface area contributed by atoms with Gasteiger partial charge >= 0.3 is 0 Å². The predicted octanol–water partition coefficient (Wildman–Crippen LogP) is 3.48. The summed E-state index contributed by atoms with van der Waals surface area (Å²) in [7, 11) is 0. The molecule has 118 valence electrons. The highest BCUT2D eigenvalue weighted by Crippen LogP contribution is 2.29. The molecule has 2 aromatic carbocycles. The summed E-state index contributed by atoms with van der Waals surface area (Å²) in [4.78, 5) is 22.5. The van der Waals surface area contributed by atoms with E-state index in [0.717, 1.165) is 0 Å². The molecule has 0 saturated heterocycles. The molecule has 0 aliphatic heterocycles. The van der Waals surface area contributed by atoms with Crippen molar-refractivity contribution in [1.82, 2.24) is 0 Å². The lowest BCUT2D eigenvalue weighted by Gasteiger charge is -2.14. The largest absolute Gasteiger partial charge is 0.383 e. The van der Waals surface area contributed by atoms with Crippen LogP contribution in [0.5, 0.6) is 0 Å². The minimum Gasteiger partial charge on any atom is -0.383 e. The number of benzene rings is 2. The molecule has 1 amide bonds. The molecule has 2 aromatic rings. The Morgan fingerprint density at radius 2 is 1.83 bits per heavy atom. The molecule has 0 saturated carbocycles. The van der Waals surface area contributed by atoms with Gasteiger partial charge in [-0.15, -0.1) is 0 Å². The molecule has 6 nitrogen and oxygen atoms in total. The molecular formula is C16H13ClN2O4. The Bertz CT molecular complexity index is 759. The summed E-state index contributed by atoms with van der Waals surface area (Å²) < 4.78 is 0. The van der Waals surface area contributed by atoms with Crippen LogP contribution in [0.15, 0.2) is 60.7 Å². The van der Waals surface area contributed by atoms with Gasteiger partial charge < -0.3 is 10.4 Å². The monoisotopic (exact) mass is 332 g/mol. The molecule has 0 radical (unpaired) electrons. The number of rotatable bonds is 5. The zero-order chi connectivity index (χ0) is 17.0. The number of halogens is 1. The molecule has 7 heteroatoms. The van der Waals surface area contributed by atoms with Gasteiger partial charge in [-0.2, -0.15) is 0 Å². The van der Waals surface area contributed by atoms with Gasteiger partial charge in [0.2, 0.25) is 0 Å². The lowest BCUT2D eigenvalue weighted by Crippen LogP contribution is -2.19. The minimum absolute atomic E-state index is 0.00811. The summed E-state index contributed by atoms with van der Waals surface area (Å²) in [5.41, 5.74) is -0.00115. The first kappa shape index (κ1) is 16.7. The number of carbonyl (C=O) groups excluding carboxylic acids is 1. The van der Waals surface area contributed by atoms with E-state index in [1.807, 2.05) is 0 Å². The van der Waals surface area contributed by atoms with Crippen molar-refractivity contribution in [3.05, 3.63) is 81.4 Å². The maximum atomic E-state index is 12.1. The normalized spacial score (nSPS) is 11.6. The van der Waals surface area contributed by atoms with Crippen molar-refractivity contribution in [2.24, 2.45) is 0 Å². The molecule has 0 aromatic heterocycles. The molecule has 0 fully saturated rings. The Kier molecular flexibility index (Phi) is 5.10. The van der Waals surface area contributed by atoms with Crippen molar-refractivity contribution in [3.8, 4) is 0 Å². The number of hydrogen-bond donors (Lipinski definition) is 2. The van der Waals surface area contributed by atoms with Crippen LogP contribution >= 0.6 is 11.6 Å². The van der Waals surface area contributed by atoms with Crippen LogP contribution in [0.2, 0.25) is 5.02 Å². The first-order valence-corrected chi connectivity index (χ1v) is 6.95. The van der Waals surface area contributed by atoms with E-state index in [2.05, 4.69) is 11.9 Å². The number of aliphatic hydroxyl groups excluding tert-OH is 1. The number of hydrogen-bond acceptors (Lipinski definition) is 4. The Hall–Kier alpha value is -2.70. The van der Waals surface area contributed by atoms with Crippen molar-refractivity contribution < 1.29 is 14.8 Å². The number of carbonyl (C=O) groups is 1. The third-order valence-electron chi connectivity index (χ3n) is 3.15. The number of aliphatic hydroxyl groups is 1. The number of amides is 1. The highest BCUT2D eigenvalue weighted by Gasteiger charge is 2.25. The lowest BCUT2D eigenvalue weighted by atomic mass is 10.0. The number of nitrogens with one attached hydrogen (secondary N) is 1. The van der Waals surface area contributed by atoms with E-state index in [0.29, 0.717) is 10.7 Å². The first-order chi connectivity index (χ1) is 10.9. The SMILES string of the molecule is C=C(C(=O)Nc1ccc(Cl)cc1)C(O)c1ccccc1[N+](=O)[O-]. The van der Waals surface area contributed by atoms with Crippen molar-refractivity contribution in [2.75, 3.05) is 5.32 Å². The van der Waals surface area contributed by atoms with E-state index in [4.69, 9.17) is 11.6 Å². The molecule has 0 aliphatic rings. The smallest absolute Gasteiger partial charge is 0.275 e. The summed E-state index contributed by atoms with van der Waals surface area (Å²) in [6, 6.07) is 12.0. The predicted molar refractivity (Wildman–Crippen MR) is 87.3 cm³/mol.